The fourth-order valence-corrected chi connectivity index (χ4v) is 4.51. The molecule has 0 spiro atoms. The maximum absolute atomic E-state index is 13.1. The number of imide groups is 1. The third kappa shape index (κ3) is 3.53. The molecule has 3 aromatic rings. The van der Waals surface area contributed by atoms with Gasteiger partial charge in [0.15, 0.2) is 5.13 Å². The standard InChI is InChI=1S/C22H21N3O3S/c1-12(2)10-17(25-20(27)14-6-4-5-7-15(14)21(25)28)19(26)24-22-23-16-9-8-13(3)11-18(16)29-22/h4-9,11-12,17H,10H2,1-3H3,(H,23,24,26). The Morgan fingerprint density at radius 2 is 1.76 bits per heavy atom. The summed E-state index contributed by atoms with van der Waals surface area (Å²) in [5, 5.41) is 3.28. The molecule has 2 heterocycles. The van der Waals surface area contributed by atoms with Gasteiger partial charge in [0.1, 0.15) is 6.04 Å². The van der Waals surface area contributed by atoms with Gasteiger partial charge in [0.05, 0.1) is 21.3 Å². The van der Waals surface area contributed by atoms with Crippen LogP contribution in [0.4, 0.5) is 5.13 Å². The van der Waals surface area contributed by atoms with Crippen LogP contribution in [-0.4, -0.2) is 33.6 Å². The summed E-state index contributed by atoms with van der Waals surface area (Å²) in [5.41, 5.74) is 2.60. The highest BCUT2D eigenvalue weighted by Crippen LogP contribution is 2.30. The fraction of sp³-hybridized carbons (Fsp3) is 0.273. The van der Waals surface area contributed by atoms with Gasteiger partial charge in [-0.15, -0.1) is 0 Å². The molecule has 1 atom stereocenters. The van der Waals surface area contributed by atoms with Crippen LogP contribution in [-0.2, 0) is 4.79 Å². The first-order valence-electron chi connectivity index (χ1n) is 9.50. The summed E-state index contributed by atoms with van der Waals surface area (Å²) in [6.07, 6.45) is 0.376. The molecule has 0 bridgehead atoms. The zero-order valence-electron chi connectivity index (χ0n) is 16.4. The molecule has 148 valence electrons. The number of benzene rings is 2. The smallest absolute Gasteiger partial charge is 0.262 e. The SMILES string of the molecule is Cc1ccc2nc(NC(=O)C(CC(C)C)N3C(=O)c4ccccc4C3=O)sc2c1. The van der Waals surface area contributed by atoms with Crippen LogP contribution in [0.3, 0.4) is 0 Å². The van der Waals surface area contributed by atoms with E-state index < -0.39 is 23.8 Å². The monoisotopic (exact) mass is 407 g/mol. The number of fused-ring (bicyclic) bond motifs is 2. The van der Waals surface area contributed by atoms with Crippen molar-refractivity contribution in [1.29, 1.82) is 0 Å². The topological polar surface area (TPSA) is 79.4 Å². The minimum atomic E-state index is -0.892. The lowest BCUT2D eigenvalue weighted by Gasteiger charge is -2.26. The maximum atomic E-state index is 13.1. The maximum Gasteiger partial charge on any atom is 0.262 e. The van der Waals surface area contributed by atoms with Crippen molar-refractivity contribution in [1.82, 2.24) is 9.88 Å². The number of aryl methyl sites for hydroxylation is 1. The molecule has 1 aromatic heterocycles. The minimum Gasteiger partial charge on any atom is -0.300 e. The zero-order chi connectivity index (χ0) is 20.7. The highest BCUT2D eigenvalue weighted by Gasteiger charge is 2.42. The molecule has 0 aliphatic carbocycles. The van der Waals surface area contributed by atoms with E-state index in [9.17, 15) is 14.4 Å². The summed E-state index contributed by atoms with van der Waals surface area (Å²) in [6.45, 7) is 5.91. The predicted molar refractivity (Wildman–Crippen MR) is 113 cm³/mol. The molecule has 0 saturated heterocycles. The molecule has 29 heavy (non-hydrogen) atoms. The number of hydrogen-bond acceptors (Lipinski definition) is 5. The average molecular weight is 407 g/mol. The second-order valence-electron chi connectivity index (χ2n) is 7.65. The van der Waals surface area contributed by atoms with E-state index in [1.54, 1.807) is 24.3 Å². The normalized spacial score (nSPS) is 14.6. The predicted octanol–water partition coefficient (Wildman–Crippen LogP) is 4.25. The number of nitrogens with one attached hydrogen (secondary N) is 1. The molecule has 6 nitrogen and oxygen atoms in total. The van der Waals surface area contributed by atoms with Crippen molar-refractivity contribution in [2.45, 2.75) is 33.2 Å². The molecular weight excluding hydrogens is 386 g/mol. The van der Waals surface area contributed by atoms with Crippen LogP contribution in [0.1, 0.15) is 46.5 Å². The van der Waals surface area contributed by atoms with Gasteiger partial charge in [-0.25, -0.2) is 4.98 Å². The van der Waals surface area contributed by atoms with Gasteiger partial charge in [-0.3, -0.25) is 19.3 Å². The van der Waals surface area contributed by atoms with Crippen molar-refractivity contribution < 1.29 is 14.4 Å². The quantitative estimate of drug-likeness (QED) is 0.641. The molecular formula is C22H21N3O3S. The molecule has 1 aliphatic heterocycles. The van der Waals surface area contributed by atoms with Crippen molar-refractivity contribution in [3.8, 4) is 0 Å². The van der Waals surface area contributed by atoms with Crippen molar-refractivity contribution in [3.05, 3.63) is 59.2 Å². The number of hydrogen-bond donors (Lipinski definition) is 1. The number of carbonyl (C=O) groups is 3. The number of anilines is 1. The Bertz CT molecular complexity index is 1100. The van der Waals surface area contributed by atoms with E-state index in [0.29, 0.717) is 22.7 Å². The van der Waals surface area contributed by atoms with Crippen LogP contribution in [0.15, 0.2) is 42.5 Å². The van der Waals surface area contributed by atoms with Crippen LogP contribution in [0, 0.1) is 12.8 Å². The summed E-state index contributed by atoms with van der Waals surface area (Å²) in [7, 11) is 0. The molecule has 7 heteroatoms. The van der Waals surface area contributed by atoms with Gasteiger partial charge < -0.3 is 5.32 Å². The second kappa shape index (κ2) is 7.40. The lowest BCUT2D eigenvalue weighted by Crippen LogP contribution is -2.47. The molecule has 2 aromatic carbocycles. The number of nitrogens with zero attached hydrogens (tertiary/aromatic N) is 2. The molecule has 4 rings (SSSR count). The van der Waals surface area contributed by atoms with Crippen molar-refractivity contribution >= 4 is 44.4 Å². The largest absolute Gasteiger partial charge is 0.300 e. The molecule has 3 amide bonds. The average Bonchev–Trinajstić information content (AvgIpc) is 3.18. The fourth-order valence-electron chi connectivity index (χ4n) is 3.54. The molecule has 1 unspecified atom stereocenters. The van der Waals surface area contributed by atoms with E-state index in [-0.39, 0.29) is 5.92 Å². The number of thiazole rings is 1. The van der Waals surface area contributed by atoms with Gasteiger partial charge >= 0.3 is 0 Å². The summed E-state index contributed by atoms with van der Waals surface area (Å²) < 4.78 is 0.974. The summed E-state index contributed by atoms with van der Waals surface area (Å²) >= 11 is 1.38. The number of rotatable bonds is 5. The van der Waals surface area contributed by atoms with E-state index in [0.717, 1.165) is 20.7 Å². The van der Waals surface area contributed by atoms with Gasteiger partial charge in [-0.05, 0) is 49.1 Å². The van der Waals surface area contributed by atoms with Gasteiger partial charge in [-0.1, -0.05) is 43.4 Å². The molecule has 0 radical (unpaired) electrons. The Hall–Kier alpha value is -3.06. The molecule has 1 aliphatic rings. The van der Waals surface area contributed by atoms with Gasteiger partial charge in [0.25, 0.3) is 11.8 Å². The van der Waals surface area contributed by atoms with E-state index in [2.05, 4.69) is 10.3 Å². The molecule has 0 saturated carbocycles. The zero-order valence-corrected chi connectivity index (χ0v) is 17.2. The first kappa shape index (κ1) is 19.3. The van der Waals surface area contributed by atoms with Crippen LogP contribution < -0.4 is 5.32 Å². The van der Waals surface area contributed by atoms with Crippen LogP contribution in [0.2, 0.25) is 0 Å². The first-order valence-corrected chi connectivity index (χ1v) is 10.3. The first-order chi connectivity index (χ1) is 13.8. The number of amides is 3. The summed E-state index contributed by atoms with van der Waals surface area (Å²) in [6, 6.07) is 11.7. The van der Waals surface area contributed by atoms with Gasteiger partial charge in [-0.2, -0.15) is 0 Å². The van der Waals surface area contributed by atoms with Gasteiger partial charge in [0, 0.05) is 0 Å². The Morgan fingerprint density at radius 1 is 1.10 bits per heavy atom. The second-order valence-corrected chi connectivity index (χ2v) is 8.68. The Kier molecular flexibility index (Phi) is 4.92. The van der Waals surface area contributed by atoms with E-state index in [1.807, 2.05) is 39.0 Å². The Balaban J connectivity index is 1.63. The lowest BCUT2D eigenvalue weighted by molar-refractivity contribution is -0.120. The third-order valence-electron chi connectivity index (χ3n) is 4.91. The highest BCUT2D eigenvalue weighted by molar-refractivity contribution is 7.22. The summed E-state index contributed by atoms with van der Waals surface area (Å²) in [5.74, 6) is -1.13. The number of aromatic nitrogens is 1. The van der Waals surface area contributed by atoms with Crippen molar-refractivity contribution in [2.75, 3.05) is 5.32 Å². The van der Waals surface area contributed by atoms with Crippen LogP contribution >= 0.6 is 11.3 Å². The van der Waals surface area contributed by atoms with Gasteiger partial charge in [0.2, 0.25) is 5.91 Å². The minimum absolute atomic E-state index is 0.119. The van der Waals surface area contributed by atoms with Crippen LogP contribution in [0.5, 0.6) is 0 Å². The van der Waals surface area contributed by atoms with Crippen LogP contribution in [0.25, 0.3) is 10.2 Å². The highest BCUT2D eigenvalue weighted by atomic mass is 32.1. The van der Waals surface area contributed by atoms with Crippen molar-refractivity contribution in [3.63, 3.8) is 0 Å². The van der Waals surface area contributed by atoms with Crippen molar-refractivity contribution in [2.24, 2.45) is 5.92 Å². The Morgan fingerprint density at radius 3 is 2.38 bits per heavy atom. The molecule has 0 fully saturated rings. The van der Waals surface area contributed by atoms with E-state index in [1.165, 1.54) is 11.3 Å². The van der Waals surface area contributed by atoms with E-state index >= 15 is 0 Å². The lowest BCUT2D eigenvalue weighted by atomic mass is 10.0. The third-order valence-corrected chi connectivity index (χ3v) is 5.84. The Labute approximate surface area is 172 Å². The molecule has 1 N–H and O–H groups in total. The van der Waals surface area contributed by atoms with E-state index in [4.69, 9.17) is 0 Å². The summed E-state index contributed by atoms with van der Waals surface area (Å²) in [4.78, 5) is 44.4. The number of carbonyl (C=O) groups excluding carboxylic acids is 3.